The largest absolute Gasteiger partial charge is 0.490 e. The van der Waals surface area contributed by atoms with Crippen molar-refractivity contribution in [2.24, 2.45) is 11.7 Å². The Morgan fingerprint density at radius 2 is 2.00 bits per heavy atom. The van der Waals surface area contributed by atoms with Gasteiger partial charge in [0.2, 0.25) is 0 Å². The van der Waals surface area contributed by atoms with Gasteiger partial charge in [-0.1, -0.05) is 32.3 Å². The van der Waals surface area contributed by atoms with Crippen LogP contribution in [0.4, 0.5) is 0 Å². The van der Waals surface area contributed by atoms with E-state index in [0.29, 0.717) is 0 Å². The number of hydrogen-bond acceptors (Lipinski definition) is 3. The number of benzene rings is 1. The molecule has 0 amide bonds. The fourth-order valence-corrected chi connectivity index (χ4v) is 3.51. The minimum absolute atomic E-state index is 0.191. The predicted molar refractivity (Wildman–Crippen MR) is 80.2 cm³/mol. The summed E-state index contributed by atoms with van der Waals surface area (Å²) in [7, 11) is 0. The summed E-state index contributed by atoms with van der Waals surface area (Å²) < 4.78 is 11.5. The average molecular weight is 275 g/mol. The molecule has 0 aromatic heterocycles. The summed E-state index contributed by atoms with van der Waals surface area (Å²) in [5, 5.41) is 0. The van der Waals surface area contributed by atoms with E-state index in [4.69, 9.17) is 15.2 Å². The Morgan fingerprint density at radius 3 is 2.80 bits per heavy atom. The van der Waals surface area contributed by atoms with Gasteiger partial charge in [-0.25, -0.2) is 0 Å². The third-order valence-electron chi connectivity index (χ3n) is 4.79. The summed E-state index contributed by atoms with van der Waals surface area (Å²) >= 11 is 0. The third-order valence-corrected chi connectivity index (χ3v) is 4.79. The number of ether oxygens (including phenoxy) is 2. The van der Waals surface area contributed by atoms with Gasteiger partial charge >= 0.3 is 0 Å². The molecule has 20 heavy (non-hydrogen) atoms. The van der Waals surface area contributed by atoms with Crippen LogP contribution >= 0.6 is 0 Å². The highest BCUT2D eigenvalue weighted by Crippen LogP contribution is 2.42. The Bertz CT molecular complexity index is 474. The SMILES string of the molecule is CCC1CCCC(N)(c2ccc3c(c2)OCCCO3)C1. The first kappa shape index (κ1) is 13.7. The highest BCUT2D eigenvalue weighted by atomic mass is 16.5. The van der Waals surface area contributed by atoms with Crippen LogP contribution in [0.5, 0.6) is 11.5 Å². The van der Waals surface area contributed by atoms with Crippen LogP contribution < -0.4 is 15.2 Å². The molecule has 0 saturated heterocycles. The van der Waals surface area contributed by atoms with E-state index in [1.807, 2.05) is 6.07 Å². The molecule has 3 rings (SSSR count). The van der Waals surface area contributed by atoms with E-state index in [0.717, 1.165) is 49.9 Å². The second-order valence-electron chi connectivity index (χ2n) is 6.24. The van der Waals surface area contributed by atoms with Crippen LogP contribution in [-0.2, 0) is 5.54 Å². The maximum Gasteiger partial charge on any atom is 0.161 e. The van der Waals surface area contributed by atoms with Crippen LogP contribution in [0, 0.1) is 5.92 Å². The van der Waals surface area contributed by atoms with Gasteiger partial charge in [0.05, 0.1) is 13.2 Å². The monoisotopic (exact) mass is 275 g/mol. The molecule has 2 unspecified atom stereocenters. The minimum atomic E-state index is -0.191. The molecule has 1 aliphatic carbocycles. The molecule has 110 valence electrons. The van der Waals surface area contributed by atoms with E-state index in [-0.39, 0.29) is 5.54 Å². The zero-order valence-electron chi connectivity index (χ0n) is 12.4. The molecule has 2 atom stereocenters. The van der Waals surface area contributed by atoms with E-state index in [9.17, 15) is 0 Å². The maximum atomic E-state index is 6.72. The van der Waals surface area contributed by atoms with Crippen molar-refractivity contribution in [3.05, 3.63) is 23.8 Å². The van der Waals surface area contributed by atoms with Crippen molar-refractivity contribution < 1.29 is 9.47 Å². The number of nitrogens with two attached hydrogens (primary N) is 1. The lowest BCUT2D eigenvalue weighted by Gasteiger charge is -2.38. The quantitative estimate of drug-likeness (QED) is 0.897. The summed E-state index contributed by atoms with van der Waals surface area (Å²) in [5.41, 5.74) is 7.74. The van der Waals surface area contributed by atoms with Crippen LogP contribution in [0.15, 0.2) is 18.2 Å². The van der Waals surface area contributed by atoms with Crippen molar-refractivity contribution in [1.29, 1.82) is 0 Å². The van der Waals surface area contributed by atoms with Gasteiger partial charge in [0.25, 0.3) is 0 Å². The summed E-state index contributed by atoms with van der Waals surface area (Å²) in [5.74, 6) is 2.48. The van der Waals surface area contributed by atoms with Crippen molar-refractivity contribution in [2.45, 2.75) is 51.0 Å². The van der Waals surface area contributed by atoms with Gasteiger partial charge in [-0.15, -0.1) is 0 Å². The number of fused-ring (bicyclic) bond motifs is 1. The van der Waals surface area contributed by atoms with Crippen LogP contribution in [0.3, 0.4) is 0 Å². The van der Waals surface area contributed by atoms with Crippen molar-refractivity contribution in [1.82, 2.24) is 0 Å². The van der Waals surface area contributed by atoms with Gasteiger partial charge in [-0.3, -0.25) is 0 Å². The summed E-state index contributed by atoms with van der Waals surface area (Å²) in [4.78, 5) is 0. The van der Waals surface area contributed by atoms with Crippen molar-refractivity contribution in [3.63, 3.8) is 0 Å². The Kier molecular flexibility index (Phi) is 3.88. The lowest BCUT2D eigenvalue weighted by Crippen LogP contribution is -2.41. The standard InChI is InChI=1S/C17H25NO2/c1-2-13-5-3-8-17(18,12-13)14-6-7-15-16(11-14)20-10-4-9-19-15/h6-7,11,13H,2-5,8-10,12,18H2,1H3. The Labute approximate surface area is 121 Å². The van der Waals surface area contributed by atoms with E-state index >= 15 is 0 Å². The highest BCUT2D eigenvalue weighted by Gasteiger charge is 2.34. The van der Waals surface area contributed by atoms with Crippen LogP contribution in [0.2, 0.25) is 0 Å². The molecule has 3 heteroatoms. The Balaban J connectivity index is 1.87. The lowest BCUT2D eigenvalue weighted by molar-refractivity contribution is 0.220. The number of hydrogen-bond donors (Lipinski definition) is 1. The minimum Gasteiger partial charge on any atom is -0.490 e. The molecular weight excluding hydrogens is 250 g/mol. The Hall–Kier alpha value is -1.22. The molecule has 0 bridgehead atoms. The van der Waals surface area contributed by atoms with Crippen LogP contribution in [0.25, 0.3) is 0 Å². The van der Waals surface area contributed by atoms with Crippen molar-refractivity contribution >= 4 is 0 Å². The maximum absolute atomic E-state index is 6.72. The molecule has 1 saturated carbocycles. The summed E-state index contributed by atoms with van der Waals surface area (Å²) in [6.07, 6.45) is 6.87. The summed E-state index contributed by atoms with van der Waals surface area (Å²) in [6.45, 7) is 3.73. The molecule has 1 aromatic rings. The summed E-state index contributed by atoms with van der Waals surface area (Å²) in [6, 6.07) is 6.27. The van der Waals surface area contributed by atoms with E-state index in [1.165, 1.54) is 24.8 Å². The van der Waals surface area contributed by atoms with E-state index in [1.54, 1.807) is 0 Å². The number of rotatable bonds is 2. The average Bonchev–Trinajstić information content (AvgIpc) is 2.71. The normalized spacial score (nSPS) is 29.8. The zero-order chi connectivity index (χ0) is 14.0. The topological polar surface area (TPSA) is 44.5 Å². The molecule has 3 nitrogen and oxygen atoms in total. The molecule has 1 heterocycles. The molecule has 0 spiro atoms. The first-order chi connectivity index (χ1) is 9.71. The molecule has 1 aliphatic heterocycles. The van der Waals surface area contributed by atoms with Gasteiger partial charge in [-0.2, -0.15) is 0 Å². The predicted octanol–water partition coefficient (Wildman–Crippen LogP) is 3.60. The van der Waals surface area contributed by atoms with Gasteiger partial charge < -0.3 is 15.2 Å². The van der Waals surface area contributed by atoms with Crippen LogP contribution in [-0.4, -0.2) is 13.2 Å². The first-order valence-corrected chi connectivity index (χ1v) is 7.90. The van der Waals surface area contributed by atoms with Crippen LogP contribution in [0.1, 0.15) is 51.0 Å². The van der Waals surface area contributed by atoms with Gasteiger partial charge in [0, 0.05) is 12.0 Å². The third kappa shape index (κ3) is 2.64. The molecule has 2 aliphatic rings. The van der Waals surface area contributed by atoms with E-state index < -0.39 is 0 Å². The lowest BCUT2D eigenvalue weighted by atomic mass is 9.72. The first-order valence-electron chi connectivity index (χ1n) is 7.90. The molecule has 0 radical (unpaired) electrons. The van der Waals surface area contributed by atoms with E-state index in [2.05, 4.69) is 19.1 Å². The zero-order valence-corrected chi connectivity index (χ0v) is 12.4. The fourth-order valence-electron chi connectivity index (χ4n) is 3.51. The molecule has 2 N–H and O–H groups in total. The molecule has 1 fully saturated rings. The van der Waals surface area contributed by atoms with Gasteiger partial charge in [0.15, 0.2) is 11.5 Å². The molecule has 1 aromatic carbocycles. The molecular formula is C17H25NO2. The van der Waals surface area contributed by atoms with Gasteiger partial charge in [0.1, 0.15) is 0 Å². The van der Waals surface area contributed by atoms with Crippen molar-refractivity contribution in [2.75, 3.05) is 13.2 Å². The second-order valence-corrected chi connectivity index (χ2v) is 6.24. The smallest absolute Gasteiger partial charge is 0.161 e. The fraction of sp³-hybridized carbons (Fsp3) is 0.647. The second kappa shape index (κ2) is 5.65. The Morgan fingerprint density at radius 1 is 1.20 bits per heavy atom. The highest BCUT2D eigenvalue weighted by molar-refractivity contribution is 5.45. The van der Waals surface area contributed by atoms with Gasteiger partial charge in [-0.05, 0) is 36.5 Å². The van der Waals surface area contributed by atoms with Crippen molar-refractivity contribution in [3.8, 4) is 11.5 Å².